The van der Waals surface area contributed by atoms with Crippen molar-refractivity contribution < 1.29 is 24.1 Å². The van der Waals surface area contributed by atoms with E-state index in [1.807, 2.05) is 20.8 Å². The number of hydrogen-bond donors (Lipinski definition) is 2. The van der Waals surface area contributed by atoms with Crippen LogP contribution in [0.3, 0.4) is 0 Å². The SMILES string of the molecule is COC(O)C(OC(C)(C)C)C1C2CCC(=O)NC2=CC(C)C1(C)c1ccc2c(c1)CCCO2. The lowest BCUT2D eigenvalue weighted by Crippen LogP contribution is -2.58. The molecule has 1 aromatic rings. The number of aliphatic hydroxyl groups excluding tert-OH is 1. The zero-order valence-electron chi connectivity index (χ0n) is 20.8. The fourth-order valence-corrected chi connectivity index (χ4v) is 6.03. The average Bonchev–Trinajstić information content (AvgIpc) is 2.77. The highest BCUT2D eigenvalue weighted by Crippen LogP contribution is 2.54. The van der Waals surface area contributed by atoms with Gasteiger partial charge in [0, 0.05) is 36.5 Å². The maximum absolute atomic E-state index is 12.2. The Morgan fingerprint density at radius 2 is 2.03 bits per heavy atom. The molecule has 4 rings (SSSR count). The van der Waals surface area contributed by atoms with Gasteiger partial charge in [-0.25, -0.2) is 0 Å². The molecule has 0 spiro atoms. The number of nitrogens with one attached hydrogen (secondary N) is 1. The van der Waals surface area contributed by atoms with Gasteiger partial charge in [0.25, 0.3) is 0 Å². The molecule has 6 atom stereocenters. The van der Waals surface area contributed by atoms with Crippen molar-refractivity contribution in [1.29, 1.82) is 0 Å². The van der Waals surface area contributed by atoms with Crippen molar-refractivity contribution in [1.82, 2.24) is 5.32 Å². The van der Waals surface area contributed by atoms with Crippen LogP contribution in [0.1, 0.15) is 65.0 Å². The standard InChI is InChI=1S/C27H39NO5/c1-16-14-20-19(10-12-22(29)28-20)23(24(25(30)31-6)33-26(2,3)4)27(16,5)18-9-11-21-17(15-18)8-7-13-32-21/h9,11,14-16,19,23-25,30H,7-8,10,12-13H2,1-6H3,(H,28,29). The number of fused-ring (bicyclic) bond motifs is 2. The second-order valence-corrected chi connectivity index (χ2v) is 11.0. The molecule has 1 saturated heterocycles. The minimum atomic E-state index is -1.08. The molecule has 2 aliphatic heterocycles. The molecule has 1 fully saturated rings. The Morgan fingerprint density at radius 1 is 1.27 bits per heavy atom. The molecule has 2 N–H and O–H groups in total. The lowest BCUT2D eigenvalue weighted by Gasteiger charge is -2.54. The van der Waals surface area contributed by atoms with Crippen molar-refractivity contribution in [3.05, 3.63) is 41.1 Å². The number of rotatable bonds is 5. The van der Waals surface area contributed by atoms with Crippen molar-refractivity contribution in [3.8, 4) is 5.75 Å². The third kappa shape index (κ3) is 4.58. The van der Waals surface area contributed by atoms with Gasteiger partial charge in [0.15, 0.2) is 6.29 Å². The first-order chi connectivity index (χ1) is 15.5. The van der Waals surface area contributed by atoms with Crippen LogP contribution in [0, 0.1) is 17.8 Å². The van der Waals surface area contributed by atoms with E-state index in [2.05, 4.69) is 43.4 Å². The van der Waals surface area contributed by atoms with E-state index in [1.54, 1.807) is 0 Å². The Labute approximate surface area is 197 Å². The summed E-state index contributed by atoms with van der Waals surface area (Å²) in [7, 11) is 1.52. The smallest absolute Gasteiger partial charge is 0.224 e. The molecule has 0 bridgehead atoms. The predicted molar refractivity (Wildman–Crippen MR) is 127 cm³/mol. The molecule has 6 nitrogen and oxygen atoms in total. The lowest BCUT2D eigenvalue weighted by molar-refractivity contribution is -0.228. The van der Waals surface area contributed by atoms with Gasteiger partial charge in [-0.2, -0.15) is 0 Å². The Balaban J connectivity index is 1.87. The molecule has 6 heteroatoms. The predicted octanol–water partition coefficient (Wildman–Crippen LogP) is 4.09. The van der Waals surface area contributed by atoms with E-state index in [0.717, 1.165) is 37.3 Å². The Kier molecular flexibility index (Phi) is 6.64. The molecule has 6 unspecified atom stereocenters. The van der Waals surface area contributed by atoms with Gasteiger partial charge in [-0.1, -0.05) is 32.1 Å². The van der Waals surface area contributed by atoms with Gasteiger partial charge in [-0.05, 0) is 63.1 Å². The molecule has 0 saturated carbocycles. The molecule has 1 aliphatic carbocycles. The fraction of sp³-hybridized carbons (Fsp3) is 0.667. The van der Waals surface area contributed by atoms with Crippen molar-refractivity contribution >= 4 is 5.91 Å². The Morgan fingerprint density at radius 3 is 2.73 bits per heavy atom. The van der Waals surface area contributed by atoms with Crippen LogP contribution in [-0.4, -0.2) is 42.7 Å². The summed E-state index contributed by atoms with van der Waals surface area (Å²) in [6.45, 7) is 11.2. The van der Waals surface area contributed by atoms with Crippen LogP contribution in [0.2, 0.25) is 0 Å². The summed E-state index contributed by atoms with van der Waals surface area (Å²) >= 11 is 0. The third-order valence-corrected chi connectivity index (χ3v) is 7.76. The number of methoxy groups -OCH3 is 1. The van der Waals surface area contributed by atoms with E-state index in [-0.39, 0.29) is 29.1 Å². The third-order valence-electron chi connectivity index (χ3n) is 7.76. The number of hydrogen-bond acceptors (Lipinski definition) is 5. The second kappa shape index (κ2) is 9.05. The Hall–Kier alpha value is -1.89. The molecule has 0 radical (unpaired) electrons. The van der Waals surface area contributed by atoms with E-state index >= 15 is 0 Å². The van der Waals surface area contributed by atoms with Crippen LogP contribution in [-0.2, 0) is 26.1 Å². The number of benzene rings is 1. The molecule has 1 aromatic carbocycles. The number of ether oxygens (including phenoxy) is 3. The monoisotopic (exact) mass is 457 g/mol. The van der Waals surface area contributed by atoms with Crippen molar-refractivity contribution in [2.24, 2.45) is 17.8 Å². The molecule has 2 heterocycles. The zero-order chi connectivity index (χ0) is 24.0. The summed E-state index contributed by atoms with van der Waals surface area (Å²) in [6, 6.07) is 6.54. The highest BCUT2D eigenvalue weighted by atomic mass is 16.6. The molecular formula is C27H39NO5. The number of aliphatic hydroxyl groups is 1. The number of carbonyl (C=O) groups excluding carboxylic acids is 1. The maximum Gasteiger partial charge on any atom is 0.224 e. The summed E-state index contributed by atoms with van der Waals surface area (Å²) in [5, 5.41) is 14.2. The van der Waals surface area contributed by atoms with Gasteiger partial charge in [0.1, 0.15) is 11.9 Å². The molecule has 33 heavy (non-hydrogen) atoms. The van der Waals surface area contributed by atoms with E-state index in [4.69, 9.17) is 14.2 Å². The molecular weight excluding hydrogens is 418 g/mol. The number of amides is 1. The molecule has 182 valence electrons. The lowest BCUT2D eigenvalue weighted by atomic mass is 9.53. The number of piperidine rings is 1. The van der Waals surface area contributed by atoms with Gasteiger partial charge in [0.2, 0.25) is 5.91 Å². The number of allylic oxidation sites excluding steroid dienone is 2. The zero-order valence-corrected chi connectivity index (χ0v) is 20.8. The first kappa shape index (κ1) is 24.2. The van der Waals surface area contributed by atoms with E-state index < -0.39 is 18.0 Å². The highest BCUT2D eigenvalue weighted by molar-refractivity contribution is 5.79. The molecule has 1 amide bonds. The first-order valence-corrected chi connectivity index (χ1v) is 12.2. The largest absolute Gasteiger partial charge is 0.493 e. The van der Waals surface area contributed by atoms with Crippen molar-refractivity contribution in [2.45, 2.75) is 83.7 Å². The average molecular weight is 458 g/mol. The van der Waals surface area contributed by atoms with E-state index in [9.17, 15) is 9.90 Å². The van der Waals surface area contributed by atoms with Crippen LogP contribution < -0.4 is 10.1 Å². The topological polar surface area (TPSA) is 77.0 Å². The Bertz CT molecular complexity index is 920. The van der Waals surface area contributed by atoms with E-state index in [0.29, 0.717) is 6.42 Å². The maximum atomic E-state index is 12.2. The van der Waals surface area contributed by atoms with E-state index in [1.165, 1.54) is 18.2 Å². The summed E-state index contributed by atoms with van der Waals surface area (Å²) in [5.41, 5.74) is 2.57. The van der Waals surface area contributed by atoms with Gasteiger partial charge in [-0.15, -0.1) is 0 Å². The van der Waals surface area contributed by atoms with Gasteiger partial charge in [0.05, 0.1) is 12.2 Å². The number of carbonyl (C=O) groups is 1. The minimum absolute atomic E-state index is 0.0494. The summed E-state index contributed by atoms with van der Waals surface area (Å²) in [5.74, 6) is 1.07. The van der Waals surface area contributed by atoms with Crippen LogP contribution >= 0.6 is 0 Å². The van der Waals surface area contributed by atoms with Crippen LogP contribution in [0.15, 0.2) is 30.0 Å². The van der Waals surface area contributed by atoms with Crippen LogP contribution in [0.5, 0.6) is 5.75 Å². The van der Waals surface area contributed by atoms with Gasteiger partial charge in [-0.3, -0.25) is 4.79 Å². The summed E-state index contributed by atoms with van der Waals surface area (Å²) in [6.07, 6.45) is 3.76. The van der Waals surface area contributed by atoms with Gasteiger partial charge >= 0.3 is 0 Å². The van der Waals surface area contributed by atoms with Crippen LogP contribution in [0.25, 0.3) is 0 Å². The molecule has 0 aromatic heterocycles. The first-order valence-electron chi connectivity index (χ1n) is 12.2. The normalized spacial score (nSPS) is 31.4. The second-order valence-electron chi connectivity index (χ2n) is 11.0. The number of aryl methyl sites for hydroxylation is 1. The fourth-order valence-electron chi connectivity index (χ4n) is 6.03. The molecule has 3 aliphatic rings. The summed E-state index contributed by atoms with van der Waals surface area (Å²) < 4.78 is 17.9. The van der Waals surface area contributed by atoms with Crippen LogP contribution in [0.4, 0.5) is 0 Å². The quantitative estimate of drug-likeness (QED) is 0.651. The highest BCUT2D eigenvalue weighted by Gasteiger charge is 2.55. The summed E-state index contributed by atoms with van der Waals surface area (Å²) in [4.78, 5) is 12.2. The van der Waals surface area contributed by atoms with Crippen molar-refractivity contribution in [3.63, 3.8) is 0 Å². The van der Waals surface area contributed by atoms with Crippen molar-refractivity contribution in [2.75, 3.05) is 13.7 Å². The minimum Gasteiger partial charge on any atom is -0.493 e. The van der Waals surface area contributed by atoms with Gasteiger partial charge < -0.3 is 24.6 Å².